The molecule has 0 spiro atoms. The molecule has 0 atom stereocenters. The second kappa shape index (κ2) is 11.8. The average Bonchev–Trinajstić information content (AvgIpc) is 2.96. The third-order valence-electron chi connectivity index (χ3n) is 6.92. The van der Waals surface area contributed by atoms with Gasteiger partial charge in [0.2, 0.25) is 0 Å². The molecular weight excluding hydrogens is 478 g/mol. The summed E-state index contributed by atoms with van der Waals surface area (Å²) in [5, 5.41) is 3.75. The summed E-state index contributed by atoms with van der Waals surface area (Å²) < 4.78 is 10.6. The molecule has 194 valence electrons. The van der Waals surface area contributed by atoms with E-state index in [2.05, 4.69) is 52.7 Å². The largest absolute Gasteiger partial charge is 0.481 e. The number of anilines is 2. The molecule has 5 rings (SSSR count). The van der Waals surface area contributed by atoms with Crippen LogP contribution in [0.4, 0.5) is 11.5 Å². The second-order valence-corrected chi connectivity index (χ2v) is 9.52. The van der Waals surface area contributed by atoms with Gasteiger partial charge >= 0.3 is 5.97 Å². The predicted octanol–water partition coefficient (Wildman–Crippen LogP) is 5.50. The summed E-state index contributed by atoms with van der Waals surface area (Å²) in [6, 6.07) is 27.1. The minimum absolute atomic E-state index is 0.158. The number of fused-ring (bicyclic) bond motifs is 1. The van der Waals surface area contributed by atoms with Gasteiger partial charge in [0.05, 0.1) is 12.7 Å². The van der Waals surface area contributed by atoms with Gasteiger partial charge in [0.25, 0.3) is 5.91 Å². The summed E-state index contributed by atoms with van der Waals surface area (Å²) in [7, 11) is 1.33. The van der Waals surface area contributed by atoms with Crippen molar-refractivity contribution in [2.75, 3.05) is 37.0 Å². The van der Waals surface area contributed by atoms with Gasteiger partial charge in [0, 0.05) is 24.2 Å². The van der Waals surface area contributed by atoms with Crippen molar-refractivity contribution in [3.05, 3.63) is 96.1 Å². The number of carbonyl (C=O) groups is 2. The van der Waals surface area contributed by atoms with Crippen LogP contribution in [0.1, 0.15) is 28.8 Å². The van der Waals surface area contributed by atoms with Gasteiger partial charge < -0.3 is 19.7 Å². The fourth-order valence-corrected chi connectivity index (χ4v) is 4.86. The van der Waals surface area contributed by atoms with E-state index in [1.807, 2.05) is 18.2 Å². The zero-order valence-electron chi connectivity index (χ0n) is 21.4. The molecule has 1 amide bonds. The molecule has 3 aromatic carbocycles. The lowest BCUT2D eigenvalue weighted by Crippen LogP contribution is -2.34. The monoisotopic (exact) mass is 509 g/mol. The molecule has 0 aliphatic carbocycles. The van der Waals surface area contributed by atoms with Crippen LogP contribution in [-0.4, -0.2) is 43.7 Å². The van der Waals surface area contributed by atoms with Crippen molar-refractivity contribution < 1.29 is 19.1 Å². The van der Waals surface area contributed by atoms with Crippen LogP contribution in [0.2, 0.25) is 0 Å². The molecular formula is C31H31N3O4. The smallest absolute Gasteiger partial charge is 0.337 e. The lowest BCUT2D eigenvalue weighted by atomic mass is 9.90. The van der Waals surface area contributed by atoms with Crippen molar-refractivity contribution in [1.29, 1.82) is 0 Å². The van der Waals surface area contributed by atoms with E-state index in [1.54, 1.807) is 24.3 Å². The standard InChI is InChI=1S/C31H31N3O4/c1-37-31(36)25-10-13-26(14-11-25)32-29(35)21-38-27-9-5-8-24-12-15-28(33-30(24)27)34-18-16-23(17-19-34)20-22-6-3-2-4-7-22/h2-15,23H,16-21H2,1H3,(H,32,35). The number of nitrogens with one attached hydrogen (secondary N) is 1. The minimum atomic E-state index is -0.425. The summed E-state index contributed by atoms with van der Waals surface area (Å²) in [4.78, 5) is 31.4. The van der Waals surface area contributed by atoms with Crippen molar-refractivity contribution >= 4 is 34.3 Å². The number of para-hydroxylation sites is 1. The maximum atomic E-state index is 12.5. The van der Waals surface area contributed by atoms with Gasteiger partial charge in [0.1, 0.15) is 17.1 Å². The van der Waals surface area contributed by atoms with Gasteiger partial charge in [0.15, 0.2) is 6.61 Å². The van der Waals surface area contributed by atoms with Crippen LogP contribution in [0, 0.1) is 5.92 Å². The van der Waals surface area contributed by atoms with Gasteiger partial charge in [-0.2, -0.15) is 0 Å². The number of pyridine rings is 1. The van der Waals surface area contributed by atoms with Crippen LogP contribution in [0.25, 0.3) is 10.9 Å². The highest BCUT2D eigenvalue weighted by atomic mass is 16.5. The van der Waals surface area contributed by atoms with E-state index in [0.717, 1.165) is 49.1 Å². The zero-order valence-corrected chi connectivity index (χ0v) is 21.4. The number of benzene rings is 3. The van der Waals surface area contributed by atoms with Crippen LogP contribution in [0.3, 0.4) is 0 Å². The summed E-state index contributed by atoms with van der Waals surface area (Å²) in [5.41, 5.74) is 3.13. The van der Waals surface area contributed by atoms with Gasteiger partial charge in [-0.25, -0.2) is 9.78 Å². The van der Waals surface area contributed by atoms with Crippen LogP contribution >= 0.6 is 0 Å². The van der Waals surface area contributed by atoms with Gasteiger partial charge in [-0.1, -0.05) is 42.5 Å². The Morgan fingerprint density at radius 2 is 1.68 bits per heavy atom. The first-order chi connectivity index (χ1) is 18.6. The topological polar surface area (TPSA) is 80.8 Å². The molecule has 1 fully saturated rings. The molecule has 7 nitrogen and oxygen atoms in total. The Morgan fingerprint density at radius 1 is 0.921 bits per heavy atom. The van der Waals surface area contributed by atoms with Crippen molar-refractivity contribution in [2.24, 2.45) is 5.92 Å². The highest BCUT2D eigenvalue weighted by Crippen LogP contribution is 2.29. The van der Waals surface area contributed by atoms with Crippen molar-refractivity contribution in [2.45, 2.75) is 19.3 Å². The van der Waals surface area contributed by atoms with Gasteiger partial charge in [-0.05, 0) is 73.2 Å². The van der Waals surface area contributed by atoms with Crippen molar-refractivity contribution in [1.82, 2.24) is 4.98 Å². The third-order valence-corrected chi connectivity index (χ3v) is 6.92. The molecule has 1 aliphatic rings. The quantitative estimate of drug-likeness (QED) is 0.316. The average molecular weight is 510 g/mol. The number of aromatic nitrogens is 1. The van der Waals surface area contributed by atoms with Gasteiger partial charge in [-0.3, -0.25) is 4.79 Å². The number of amides is 1. The van der Waals surface area contributed by atoms with Gasteiger partial charge in [-0.15, -0.1) is 0 Å². The number of hydrogen-bond acceptors (Lipinski definition) is 6. The van der Waals surface area contributed by atoms with Crippen molar-refractivity contribution in [3.63, 3.8) is 0 Å². The van der Waals surface area contributed by atoms with Crippen molar-refractivity contribution in [3.8, 4) is 5.75 Å². The number of piperidine rings is 1. The molecule has 0 bridgehead atoms. The Hall–Kier alpha value is -4.39. The van der Waals surface area contributed by atoms with E-state index in [9.17, 15) is 9.59 Å². The first-order valence-electron chi connectivity index (χ1n) is 12.9. The maximum Gasteiger partial charge on any atom is 0.337 e. The molecule has 1 saturated heterocycles. The number of nitrogens with zero attached hydrogens (tertiary/aromatic N) is 2. The number of esters is 1. The first-order valence-corrected chi connectivity index (χ1v) is 12.9. The lowest BCUT2D eigenvalue weighted by molar-refractivity contribution is -0.118. The lowest BCUT2D eigenvalue weighted by Gasteiger charge is -2.33. The Bertz CT molecular complexity index is 1400. The molecule has 2 heterocycles. The second-order valence-electron chi connectivity index (χ2n) is 9.52. The third kappa shape index (κ3) is 6.11. The highest BCUT2D eigenvalue weighted by molar-refractivity contribution is 5.94. The fourth-order valence-electron chi connectivity index (χ4n) is 4.86. The van der Waals surface area contributed by atoms with Crippen LogP contribution < -0.4 is 15.0 Å². The molecule has 38 heavy (non-hydrogen) atoms. The number of ether oxygens (including phenoxy) is 2. The molecule has 7 heteroatoms. The van der Waals surface area contributed by atoms with Crippen LogP contribution in [0.15, 0.2) is 84.9 Å². The Labute approximate surface area is 222 Å². The molecule has 4 aromatic rings. The van der Waals surface area contributed by atoms with E-state index in [1.165, 1.54) is 12.7 Å². The molecule has 1 aromatic heterocycles. The molecule has 0 radical (unpaired) electrons. The normalized spacial score (nSPS) is 13.8. The summed E-state index contributed by atoms with van der Waals surface area (Å²) in [6.07, 6.45) is 3.39. The Morgan fingerprint density at radius 3 is 2.42 bits per heavy atom. The molecule has 1 N–H and O–H groups in total. The summed E-state index contributed by atoms with van der Waals surface area (Å²) in [5.74, 6) is 1.46. The SMILES string of the molecule is COC(=O)c1ccc(NC(=O)COc2cccc3ccc(N4CCC(Cc5ccccc5)CC4)nc23)cc1. The Balaban J connectivity index is 1.20. The fraction of sp³-hybridized carbons (Fsp3) is 0.258. The highest BCUT2D eigenvalue weighted by Gasteiger charge is 2.21. The number of methoxy groups -OCH3 is 1. The Kier molecular flexibility index (Phi) is 7.83. The zero-order chi connectivity index (χ0) is 26.3. The van der Waals surface area contributed by atoms with E-state index >= 15 is 0 Å². The van der Waals surface area contributed by atoms with E-state index < -0.39 is 5.97 Å². The van der Waals surface area contributed by atoms with Crippen LogP contribution in [0.5, 0.6) is 5.75 Å². The summed E-state index contributed by atoms with van der Waals surface area (Å²) in [6.45, 7) is 1.78. The van der Waals surface area contributed by atoms with E-state index in [0.29, 0.717) is 22.9 Å². The number of rotatable bonds is 8. The maximum absolute atomic E-state index is 12.5. The number of carbonyl (C=O) groups excluding carboxylic acids is 2. The van der Waals surface area contributed by atoms with Crippen LogP contribution in [-0.2, 0) is 16.0 Å². The first kappa shape index (κ1) is 25.3. The summed E-state index contributed by atoms with van der Waals surface area (Å²) >= 11 is 0. The predicted molar refractivity (Wildman–Crippen MR) is 149 cm³/mol. The number of hydrogen-bond donors (Lipinski definition) is 1. The minimum Gasteiger partial charge on any atom is -0.481 e. The van der Waals surface area contributed by atoms with E-state index in [4.69, 9.17) is 14.5 Å². The molecule has 0 unspecified atom stereocenters. The van der Waals surface area contributed by atoms with E-state index in [-0.39, 0.29) is 12.5 Å². The molecule has 1 aliphatic heterocycles. The molecule has 0 saturated carbocycles.